The highest BCUT2D eigenvalue weighted by atomic mass is 19.4. The summed E-state index contributed by atoms with van der Waals surface area (Å²) in [7, 11) is 0. The van der Waals surface area contributed by atoms with Gasteiger partial charge in [0.2, 0.25) is 11.8 Å². The van der Waals surface area contributed by atoms with Crippen LogP contribution < -0.4 is 16.4 Å². The normalized spacial score (nSPS) is 23.9. The summed E-state index contributed by atoms with van der Waals surface area (Å²) in [6.07, 6.45) is 5.49. The SMILES string of the molecule is CC(C)(C)NC1CCC(N2CCC(Nc3nc(C4CCCCC4)nc4ccc(C(F)(F)F)cc34)C2=O)CC1.CC(N)=O. The number of nitrogens with zero attached hydrogens (tertiary/aromatic N) is 3. The van der Waals surface area contributed by atoms with Crippen LogP contribution in [0, 0.1) is 0 Å². The molecular weight excluding hydrogens is 545 g/mol. The van der Waals surface area contributed by atoms with E-state index in [1.165, 1.54) is 19.4 Å². The first-order valence-electron chi connectivity index (χ1n) is 15.2. The van der Waals surface area contributed by atoms with E-state index in [1.807, 2.05) is 4.90 Å². The van der Waals surface area contributed by atoms with Gasteiger partial charge in [-0.3, -0.25) is 9.59 Å². The van der Waals surface area contributed by atoms with E-state index in [0.717, 1.165) is 63.5 Å². The highest BCUT2D eigenvalue weighted by molar-refractivity contribution is 5.93. The summed E-state index contributed by atoms with van der Waals surface area (Å²) in [5.41, 5.74) is 4.30. The van der Waals surface area contributed by atoms with Crippen LogP contribution in [0.15, 0.2) is 18.2 Å². The van der Waals surface area contributed by atoms with Crippen LogP contribution in [0.4, 0.5) is 19.0 Å². The molecule has 5 rings (SSSR count). The van der Waals surface area contributed by atoms with Crippen molar-refractivity contribution in [2.45, 2.75) is 128 Å². The van der Waals surface area contributed by atoms with Crippen LogP contribution >= 0.6 is 0 Å². The van der Waals surface area contributed by atoms with Crippen molar-refractivity contribution in [3.63, 3.8) is 0 Å². The van der Waals surface area contributed by atoms with Gasteiger partial charge in [-0.2, -0.15) is 13.2 Å². The zero-order valence-electron chi connectivity index (χ0n) is 25.2. The Morgan fingerprint density at radius 1 is 0.976 bits per heavy atom. The maximum absolute atomic E-state index is 13.5. The molecule has 2 heterocycles. The second-order valence-electron chi connectivity index (χ2n) is 13.0. The summed E-state index contributed by atoms with van der Waals surface area (Å²) in [4.78, 5) is 34.1. The molecule has 0 radical (unpaired) electrons. The Balaban J connectivity index is 0.000000952. The zero-order chi connectivity index (χ0) is 30.7. The minimum atomic E-state index is -4.46. The molecule has 1 atom stereocenters. The van der Waals surface area contributed by atoms with E-state index in [1.54, 1.807) is 0 Å². The molecular formula is C31H45F3N6O2. The van der Waals surface area contributed by atoms with Crippen molar-refractivity contribution in [3.05, 3.63) is 29.6 Å². The second-order valence-corrected chi connectivity index (χ2v) is 13.0. The number of likely N-dealkylation sites (tertiary alicyclic amines) is 1. The summed E-state index contributed by atoms with van der Waals surface area (Å²) in [5, 5.41) is 7.27. The van der Waals surface area contributed by atoms with Crippen molar-refractivity contribution in [1.82, 2.24) is 20.2 Å². The largest absolute Gasteiger partial charge is 0.416 e. The Morgan fingerprint density at radius 2 is 1.62 bits per heavy atom. The van der Waals surface area contributed by atoms with Gasteiger partial charge in [-0.25, -0.2) is 9.97 Å². The molecule has 3 aliphatic rings. The van der Waals surface area contributed by atoms with E-state index in [9.17, 15) is 22.8 Å². The van der Waals surface area contributed by atoms with E-state index >= 15 is 0 Å². The molecule has 8 nitrogen and oxygen atoms in total. The van der Waals surface area contributed by atoms with Gasteiger partial charge in [-0.1, -0.05) is 19.3 Å². The summed E-state index contributed by atoms with van der Waals surface area (Å²) in [6, 6.07) is 3.81. The molecule has 1 aromatic carbocycles. The summed E-state index contributed by atoms with van der Waals surface area (Å²) >= 11 is 0. The average Bonchev–Trinajstić information content (AvgIpc) is 3.27. The molecule has 4 N–H and O–H groups in total. The Kier molecular flexibility index (Phi) is 10.0. The quantitative estimate of drug-likeness (QED) is 0.400. The molecule has 1 saturated heterocycles. The molecule has 1 aromatic heterocycles. The lowest BCUT2D eigenvalue weighted by atomic mass is 9.88. The maximum Gasteiger partial charge on any atom is 0.416 e. The number of fused-ring (bicyclic) bond motifs is 1. The summed E-state index contributed by atoms with van der Waals surface area (Å²) < 4.78 is 40.6. The van der Waals surface area contributed by atoms with Crippen LogP contribution in [-0.4, -0.2) is 56.9 Å². The fourth-order valence-electron chi connectivity index (χ4n) is 6.48. The number of halogens is 3. The van der Waals surface area contributed by atoms with Crippen LogP contribution in [0.3, 0.4) is 0 Å². The lowest BCUT2D eigenvalue weighted by molar-refractivity contribution is -0.137. The minimum Gasteiger partial charge on any atom is -0.370 e. The molecule has 1 aliphatic heterocycles. The molecule has 2 aromatic rings. The first kappa shape index (κ1) is 32.0. The third-order valence-corrected chi connectivity index (χ3v) is 8.34. The molecule has 0 bridgehead atoms. The lowest BCUT2D eigenvalue weighted by Gasteiger charge is -2.37. The van der Waals surface area contributed by atoms with Crippen molar-refractivity contribution >= 4 is 28.5 Å². The molecule has 0 spiro atoms. The van der Waals surface area contributed by atoms with Crippen molar-refractivity contribution in [2.75, 3.05) is 11.9 Å². The van der Waals surface area contributed by atoms with E-state index in [2.05, 4.69) is 42.1 Å². The van der Waals surface area contributed by atoms with Gasteiger partial charge in [0.1, 0.15) is 17.7 Å². The molecule has 1 unspecified atom stereocenters. The number of hydrogen-bond acceptors (Lipinski definition) is 6. The van der Waals surface area contributed by atoms with Gasteiger partial charge in [0.15, 0.2) is 0 Å². The Hall–Kier alpha value is -2.95. The second kappa shape index (κ2) is 13.1. The highest BCUT2D eigenvalue weighted by Gasteiger charge is 2.38. The van der Waals surface area contributed by atoms with E-state index in [4.69, 9.17) is 4.98 Å². The summed E-state index contributed by atoms with van der Waals surface area (Å²) in [5.74, 6) is 0.908. The molecule has 2 amide bonds. The van der Waals surface area contributed by atoms with Gasteiger partial charge in [0.25, 0.3) is 0 Å². The third-order valence-electron chi connectivity index (χ3n) is 8.34. The number of hydrogen-bond donors (Lipinski definition) is 3. The fourth-order valence-corrected chi connectivity index (χ4v) is 6.48. The number of alkyl halides is 3. The zero-order valence-corrected chi connectivity index (χ0v) is 25.2. The minimum absolute atomic E-state index is 0.0233. The predicted octanol–water partition coefficient (Wildman–Crippen LogP) is 5.90. The van der Waals surface area contributed by atoms with Crippen LogP contribution in [0.2, 0.25) is 0 Å². The van der Waals surface area contributed by atoms with Gasteiger partial charge >= 0.3 is 6.18 Å². The van der Waals surface area contributed by atoms with Crippen LogP contribution in [0.5, 0.6) is 0 Å². The first-order valence-corrected chi connectivity index (χ1v) is 15.2. The van der Waals surface area contributed by atoms with Gasteiger partial charge in [-0.15, -0.1) is 0 Å². The Morgan fingerprint density at radius 3 is 2.21 bits per heavy atom. The number of anilines is 1. The molecule has 3 fully saturated rings. The lowest BCUT2D eigenvalue weighted by Crippen LogP contribution is -2.49. The van der Waals surface area contributed by atoms with Crippen LogP contribution in [-0.2, 0) is 15.8 Å². The number of carbonyl (C=O) groups excluding carboxylic acids is 2. The number of carbonyl (C=O) groups is 2. The third kappa shape index (κ3) is 8.33. The topological polar surface area (TPSA) is 113 Å². The van der Waals surface area contributed by atoms with E-state index in [-0.39, 0.29) is 29.3 Å². The average molecular weight is 591 g/mol. The van der Waals surface area contributed by atoms with Gasteiger partial charge < -0.3 is 21.3 Å². The number of rotatable bonds is 5. The van der Waals surface area contributed by atoms with Crippen LogP contribution in [0.25, 0.3) is 10.9 Å². The number of nitrogens with two attached hydrogens (primary N) is 1. The van der Waals surface area contributed by atoms with Crippen molar-refractivity contribution in [2.24, 2.45) is 5.73 Å². The van der Waals surface area contributed by atoms with Crippen molar-refractivity contribution in [3.8, 4) is 0 Å². The molecule has 11 heteroatoms. The Bertz CT molecular complexity index is 1240. The Labute approximate surface area is 246 Å². The molecule has 2 aliphatic carbocycles. The molecule has 232 valence electrons. The van der Waals surface area contributed by atoms with Crippen molar-refractivity contribution < 1.29 is 22.8 Å². The smallest absolute Gasteiger partial charge is 0.370 e. The van der Waals surface area contributed by atoms with Crippen LogP contribution in [0.1, 0.15) is 109 Å². The molecule has 42 heavy (non-hydrogen) atoms. The van der Waals surface area contributed by atoms with Gasteiger partial charge in [-0.05, 0) is 83.9 Å². The number of nitrogens with one attached hydrogen (secondary N) is 2. The number of amides is 2. The first-order chi connectivity index (χ1) is 19.7. The van der Waals surface area contributed by atoms with Gasteiger partial charge in [0.05, 0.1) is 11.1 Å². The van der Waals surface area contributed by atoms with Crippen molar-refractivity contribution in [1.29, 1.82) is 0 Å². The monoisotopic (exact) mass is 590 g/mol. The molecule has 2 saturated carbocycles. The summed E-state index contributed by atoms with van der Waals surface area (Å²) in [6.45, 7) is 8.49. The standard InChI is InChI=1S/C29H40F3N5O.C2H5NO/c1-28(2,3)36-20-10-12-21(13-11-20)37-16-15-24(27(37)38)34-26-22-17-19(29(30,31)32)9-14-23(22)33-25(35-26)18-7-5-4-6-8-18;1-2(3)4/h9,14,17-18,20-21,24,36H,4-8,10-13,15-16H2,1-3H3,(H,33,34,35);1H3,(H2,3,4). The number of aromatic nitrogens is 2. The highest BCUT2D eigenvalue weighted by Crippen LogP contribution is 2.37. The maximum atomic E-state index is 13.5. The van der Waals surface area contributed by atoms with E-state index < -0.39 is 17.8 Å². The number of benzene rings is 1. The van der Waals surface area contributed by atoms with Gasteiger partial charge in [0, 0.05) is 42.4 Å². The fraction of sp³-hybridized carbons (Fsp3) is 0.677. The van der Waals surface area contributed by atoms with E-state index in [0.29, 0.717) is 41.6 Å². The number of primary amides is 1. The predicted molar refractivity (Wildman–Crippen MR) is 158 cm³/mol.